The predicted molar refractivity (Wildman–Crippen MR) is 76.0 cm³/mol. The molecule has 0 atom stereocenters. The van der Waals surface area contributed by atoms with Gasteiger partial charge in [-0.1, -0.05) is 6.92 Å². The molecule has 7 nitrogen and oxygen atoms in total. The average Bonchev–Trinajstić information content (AvgIpc) is 2.43. The molecule has 0 unspecified atom stereocenters. The summed E-state index contributed by atoms with van der Waals surface area (Å²) in [5.41, 5.74) is 0.488. The van der Waals surface area contributed by atoms with Crippen LogP contribution in [0.1, 0.15) is 18.3 Å². The van der Waals surface area contributed by atoms with Gasteiger partial charge in [-0.2, -0.15) is 0 Å². The lowest BCUT2D eigenvalue weighted by molar-refractivity contribution is 0.587. The van der Waals surface area contributed by atoms with E-state index >= 15 is 0 Å². The molecule has 0 aliphatic rings. The zero-order valence-electron chi connectivity index (χ0n) is 11.5. The molecule has 2 N–H and O–H groups in total. The zero-order valence-corrected chi connectivity index (χ0v) is 11.5. The summed E-state index contributed by atoms with van der Waals surface area (Å²) < 4.78 is 1.27. The van der Waals surface area contributed by atoms with E-state index in [1.54, 1.807) is 6.20 Å². The number of hydrogen-bond acceptors (Lipinski definition) is 5. The van der Waals surface area contributed by atoms with Gasteiger partial charge < -0.3 is 5.32 Å². The number of hydrogen-bond donors (Lipinski definition) is 2. The molecule has 0 amide bonds. The van der Waals surface area contributed by atoms with E-state index in [4.69, 9.17) is 0 Å². The second-order valence-corrected chi connectivity index (χ2v) is 4.37. The van der Waals surface area contributed by atoms with Crippen LogP contribution in [0.4, 0.5) is 5.82 Å². The number of anilines is 1. The van der Waals surface area contributed by atoms with Crippen LogP contribution in [0, 0.1) is 6.92 Å². The Bertz CT molecular complexity index is 704. The molecular formula is C13H17N5O2. The van der Waals surface area contributed by atoms with Crippen LogP contribution in [-0.4, -0.2) is 26.3 Å². The molecule has 0 saturated carbocycles. The summed E-state index contributed by atoms with van der Waals surface area (Å²) in [7, 11) is 0. The first-order valence-electron chi connectivity index (χ1n) is 6.46. The fraction of sp³-hybridized carbons (Fsp3) is 0.385. The molecule has 0 aliphatic carbocycles. The average molecular weight is 275 g/mol. The predicted octanol–water partition coefficient (Wildman–Crippen LogP) is 0.310. The third-order valence-electron chi connectivity index (χ3n) is 2.88. The number of nitrogens with zero attached hydrogens (tertiary/aromatic N) is 3. The van der Waals surface area contributed by atoms with Gasteiger partial charge in [0.15, 0.2) is 0 Å². The van der Waals surface area contributed by atoms with Crippen molar-refractivity contribution in [3.05, 3.63) is 50.4 Å². The van der Waals surface area contributed by atoms with Crippen LogP contribution in [0.25, 0.3) is 0 Å². The third kappa shape index (κ3) is 3.31. The lowest BCUT2D eigenvalue weighted by atomic mass is 10.2. The summed E-state index contributed by atoms with van der Waals surface area (Å²) in [5.74, 6) is 1.46. The van der Waals surface area contributed by atoms with Crippen molar-refractivity contribution in [1.82, 2.24) is 19.7 Å². The van der Waals surface area contributed by atoms with Crippen molar-refractivity contribution < 1.29 is 0 Å². The van der Waals surface area contributed by atoms with Gasteiger partial charge in [0.2, 0.25) is 0 Å². The van der Waals surface area contributed by atoms with E-state index in [2.05, 4.69) is 20.4 Å². The summed E-state index contributed by atoms with van der Waals surface area (Å²) in [6.45, 7) is 4.70. The maximum absolute atomic E-state index is 11.5. The Morgan fingerprint density at radius 2 is 2.15 bits per heavy atom. The monoisotopic (exact) mass is 275 g/mol. The van der Waals surface area contributed by atoms with Gasteiger partial charge in [0, 0.05) is 30.4 Å². The van der Waals surface area contributed by atoms with Crippen molar-refractivity contribution in [2.24, 2.45) is 0 Å². The molecule has 0 fully saturated rings. The van der Waals surface area contributed by atoms with E-state index in [1.165, 1.54) is 16.8 Å². The van der Waals surface area contributed by atoms with Crippen molar-refractivity contribution in [3.8, 4) is 0 Å². The quantitative estimate of drug-likeness (QED) is 0.819. The summed E-state index contributed by atoms with van der Waals surface area (Å²) >= 11 is 0. The van der Waals surface area contributed by atoms with Crippen molar-refractivity contribution >= 4 is 5.82 Å². The lowest BCUT2D eigenvalue weighted by Gasteiger charge is -2.10. The first-order valence-corrected chi connectivity index (χ1v) is 6.46. The van der Waals surface area contributed by atoms with Crippen LogP contribution in [0.3, 0.4) is 0 Å². The van der Waals surface area contributed by atoms with Crippen molar-refractivity contribution in [1.29, 1.82) is 0 Å². The van der Waals surface area contributed by atoms with E-state index in [-0.39, 0.29) is 11.1 Å². The molecule has 0 aliphatic heterocycles. The molecule has 0 spiro atoms. The summed E-state index contributed by atoms with van der Waals surface area (Å²) in [6, 6.07) is 2.47. The molecule has 106 valence electrons. The highest BCUT2D eigenvalue weighted by atomic mass is 16.1. The highest BCUT2D eigenvalue weighted by Crippen LogP contribution is 2.11. The van der Waals surface area contributed by atoms with Gasteiger partial charge in [-0.25, -0.2) is 14.6 Å². The van der Waals surface area contributed by atoms with Crippen LogP contribution in [0.2, 0.25) is 0 Å². The summed E-state index contributed by atoms with van der Waals surface area (Å²) in [6.07, 6.45) is 2.62. The van der Waals surface area contributed by atoms with Gasteiger partial charge in [0.05, 0.1) is 6.54 Å². The molecule has 0 radical (unpaired) electrons. The smallest absolute Gasteiger partial charge is 0.265 e. The number of nitrogens with one attached hydrogen (secondary N) is 2. The molecule has 20 heavy (non-hydrogen) atoms. The summed E-state index contributed by atoms with van der Waals surface area (Å²) in [5, 5.41) is 5.64. The molecule has 0 aromatic carbocycles. The Balaban J connectivity index is 2.06. The van der Waals surface area contributed by atoms with Gasteiger partial charge in [0.1, 0.15) is 11.6 Å². The Morgan fingerprint density at radius 1 is 1.35 bits per heavy atom. The van der Waals surface area contributed by atoms with E-state index in [0.717, 1.165) is 17.8 Å². The van der Waals surface area contributed by atoms with Gasteiger partial charge in [-0.05, 0) is 13.3 Å². The Morgan fingerprint density at radius 3 is 2.90 bits per heavy atom. The van der Waals surface area contributed by atoms with Gasteiger partial charge in [0.25, 0.3) is 11.1 Å². The minimum Gasteiger partial charge on any atom is -0.368 e. The minimum atomic E-state index is -0.295. The van der Waals surface area contributed by atoms with E-state index in [1.807, 2.05) is 13.8 Å². The second kappa shape index (κ2) is 6.14. The normalized spacial score (nSPS) is 10.5. The fourth-order valence-corrected chi connectivity index (χ4v) is 1.82. The van der Waals surface area contributed by atoms with E-state index in [9.17, 15) is 9.59 Å². The molecule has 7 heteroatoms. The molecule has 2 aromatic heterocycles. The van der Waals surface area contributed by atoms with E-state index in [0.29, 0.717) is 18.9 Å². The number of rotatable bonds is 5. The second-order valence-electron chi connectivity index (χ2n) is 4.37. The molecule has 2 aromatic rings. The molecule has 2 heterocycles. The Hall–Kier alpha value is -2.44. The highest BCUT2D eigenvalue weighted by Gasteiger charge is 2.03. The highest BCUT2D eigenvalue weighted by molar-refractivity contribution is 5.42. The van der Waals surface area contributed by atoms with Gasteiger partial charge in [-0.3, -0.25) is 14.7 Å². The first-order chi connectivity index (χ1) is 9.60. The first kappa shape index (κ1) is 14.0. The minimum absolute atomic E-state index is 0.235. The van der Waals surface area contributed by atoms with Gasteiger partial charge in [-0.15, -0.1) is 0 Å². The number of aromatic amines is 1. The van der Waals surface area contributed by atoms with Gasteiger partial charge >= 0.3 is 0 Å². The molecular weight excluding hydrogens is 258 g/mol. The lowest BCUT2D eigenvalue weighted by Crippen LogP contribution is -2.30. The van der Waals surface area contributed by atoms with E-state index < -0.39 is 0 Å². The van der Waals surface area contributed by atoms with Crippen molar-refractivity contribution in [3.63, 3.8) is 0 Å². The van der Waals surface area contributed by atoms with Crippen LogP contribution >= 0.6 is 0 Å². The molecule has 0 saturated heterocycles. The van der Waals surface area contributed by atoms with Crippen LogP contribution in [-0.2, 0) is 13.0 Å². The van der Waals surface area contributed by atoms with Crippen molar-refractivity contribution in [2.45, 2.75) is 26.8 Å². The topological polar surface area (TPSA) is 92.7 Å². The fourth-order valence-electron chi connectivity index (χ4n) is 1.82. The standard InChI is InChI=1S/C13H17N5O2/c1-3-10-8-15-9(2)16-13(10)14-6-7-18-12(20)5-4-11(19)17-18/h4-5,8H,3,6-7H2,1-2H3,(H,17,19)(H,14,15,16). The van der Waals surface area contributed by atoms with Crippen molar-refractivity contribution in [2.75, 3.05) is 11.9 Å². The molecule has 2 rings (SSSR count). The number of aryl methyl sites for hydroxylation is 2. The zero-order chi connectivity index (χ0) is 14.5. The summed E-state index contributed by atoms with van der Waals surface area (Å²) in [4.78, 5) is 31.2. The largest absolute Gasteiger partial charge is 0.368 e. The maximum Gasteiger partial charge on any atom is 0.265 e. The Kier molecular flexibility index (Phi) is 4.29. The van der Waals surface area contributed by atoms with Crippen LogP contribution < -0.4 is 16.4 Å². The Labute approximate surface area is 115 Å². The van der Waals surface area contributed by atoms with Crippen LogP contribution in [0.5, 0.6) is 0 Å². The SMILES string of the molecule is CCc1cnc(C)nc1NCCn1[nH]c(=O)ccc1=O. The van der Waals surface area contributed by atoms with Crippen LogP contribution in [0.15, 0.2) is 27.9 Å². The number of H-pyrrole nitrogens is 1. The number of aromatic nitrogens is 4. The molecule has 0 bridgehead atoms. The maximum atomic E-state index is 11.5. The third-order valence-corrected chi connectivity index (χ3v) is 2.88.